The molecular weight excluding hydrogens is 164 g/mol. The van der Waals surface area contributed by atoms with Crippen molar-refractivity contribution in [2.45, 2.75) is 0 Å². The van der Waals surface area contributed by atoms with Crippen molar-refractivity contribution < 1.29 is 18.1 Å². The summed E-state index contributed by atoms with van der Waals surface area (Å²) in [5.74, 6) is 0.0757. The van der Waals surface area contributed by atoms with E-state index in [1.165, 1.54) is 0 Å². The number of hydrogen-bond donors (Lipinski definition) is 2. The van der Waals surface area contributed by atoms with Crippen LogP contribution < -0.4 is 0 Å². The summed E-state index contributed by atoms with van der Waals surface area (Å²) >= 11 is -2.01. The normalized spacial score (nSPS) is 17.1. The van der Waals surface area contributed by atoms with Crippen LogP contribution in [0, 0.1) is 0 Å². The van der Waals surface area contributed by atoms with E-state index in [-0.39, 0.29) is 17.4 Å². The predicted octanol–water partition coefficient (Wildman–Crippen LogP) is -1.09. The van der Waals surface area contributed by atoms with Crippen LogP contribution in [-0.4, -0.2) is 35.5 Å². The lowest BCUT2D eigenvalue weighted by Gasteiger charge is -1.92. The maximum atomic E-state index is 10.5. The molecule has 0 bridgehead atoms. The molecule has 0 rings (SSSR count). The second-order valence-electron chi connectivity index (χ2n) is 1.31. The molecule has 0 aliphatic heterocycles. The Morgan fingerprint density at radius 3 is 2.22 bits per heavy atom. The van der Waals surface area contributed by atoms with E-state index in [1.807, 2.05) is 0 Å². The monoisotopic (exact) mass is 172 g/mol. The van der Waals surface area contributed by atoms with Crippen LogP contribution in [-0.2, 0) is 21.9 Å². The topological polar surface area (TPSA) is 74.6 Å². The van der Waals surface area contributed by atoms with E-state index in [0.29, 0.717) is 0 Å². The van der Waals surface area contributed by atoms with Crippen LogP contribution in [0.4, 0.5) is 0 Å². The van der Waals surface area contributed by atoms with Crippen molar-refractivity contribution in [3.8, 4) is 0 Å². The molecule has 2 N–H and O–H groups in total. The van der Waals surface area contributed by atoms with Gasteiger partial charge in [0.25, 0.3) is 0 Å². The van der Waals surface area contributed by atoms with E-state index in [1.54, 1.807) is 0 Å². The van der Waals surface area contributed by atoms with Crippen LogP contribution in [0.15, 0.2) is 0 Å². The zero-order valence-electron chi connectivity index (χ0n) is 4.65. The number of aliphatic hydroxyl groups is 1. The molecule has 4 nitrogen and oxygen atoms in total. The standard InChI is InChI=1S/C3H8O4S2/c4-1-2-8(5)3-9(6)7/h4H,1-3H2,(H,6,7). The van der Waals surface area contributed by atoms with E-state index >= 15 is 0 Å². The average Bonchev–Trinajstić information content (AvgIpc) is 1.63. The second-order valence-corrected chi connectivity index (χ2v) is 4.18. The molecule has 6 heteroatoms. The highest BCUT2D eigenvalue weighted by Gasteiger charge is 2.01. The molecule has 0 aliphatic rings. The van der Waals surface area contributed by atoms with Crippen molar-refractivity contribution >= 4 is 21.9 Å². The Morgan fingerprint density at radius 2 is 1.89 bits per heavy atom. The molecule has 0 heterocycles. The SMILES string of the molecule is O=S(O)CS(=O)CCO. The summed E-state index contributed by atoms with van der Waals surface area (Å²) in [7, 11) is -1.35. The fourth-order valence-electron chi connectivity index (χ4n) is 0.273. The lowest BCUT2D eigenvalue weighted by atomic mass is 10.9. The molecule has 0 aromatic carbocycles. The summed E-state index contributed by atoms with van der Waals surface area (Å²) in [4.78, 5) is 0. The summed E-state index contributed by atoms with van der Waals surface area (Å²) in [5, 5.41) is 7.91. The molecule has 0 amide bonds. The van der Waals surface area contributed by atoms with Crippen LogP contribution in [0.2, 0.25) is 0 Å². The maximum absolute atomic E-state index is 10.5. The fourth-order valence-corrected chi connectivity index (χ4v) is 1.85. The van der Waals surface area contributed by atoms with E-state index in [9.17, 15) is 8.42 Å². The van der Waals surface area contributed by atoms with Gasteiger partial charge in [0.2, 0.25) is 0 Å². The number of aliphatic hydroxyl groups excluding tert-OH is 1. The van der Waals surface area contributed by atoms with Crippen LogP contribution in [0.5, 0.6) is 0 Å². The van der Waals surface area contributed by atoms with Crippen molar-refractivity contribution in [3.05, 3.63) is 0 Å². The van der Waals surface area contributed by atoms with Gasteiger partial charge in [-0.25, -0.2) is 4.21 Å². The zero-order valence-corrected chi connectivity index (χ0v) is 6.28. The van der Waals surface area contributed by atoms with Crippen LogP contribution >= 0.6 is 0 Å². The molecule has 0 fully saturated rings. The Morgan fingerprint density at radius 1 is 1.33 bits per heavy atom. The predicted molar refractivity (Wildman–Crippen MR) is 35.7 cm³/mol. The van der Waals surface area contributed by atoms with Crippen molar-refractivity contribution in [3.63, 3.8) is 0 Å². The van der Waals surface area contributed by atoms with Gasteiger partial charge in [0.15, 0.2) is 11.1 Å². The van der Waals surface area contributed by atoms with Gasteiger partial charge in [-0.3, -0.25) is 4.21 Å². The molecule has 0 saturated carbocycles. The van der Waals surface area contributed by atoms with E-state index in [2.05, 4.69) is 0 Å². The van der Waals surface area contributed by atoms with Gasteiger partial charge in [-0.15, -0.1) is 0 Å². The largest absolute Gasteiger partial charge is 0.395 e. The molecule has 0 aliphatic carbocycles. The highest BCUT2D eigenvalue weighted by molar-refractivity contribution is 7.99. The van der Waals surface area contributed by atoms with Crippen molar-refractivity contribution in [1.82, 2.24) is 0 Å². The second kappa shape index (κ2) is 5.04. The quantitative estimate of drug-likeness (QED) is 0.528. The first kappa shape index (κ1) is 9.22. The van der Waals surface area contributed by atoms with Gasteiger partial charge in [0.1, 0.15) is 5.08 Å². The lowest BCUT2D eigenvalue weighted by Crippen LogP contribution is -2.09. The van der Waals surface area contributed by atoms with E-state index in [4.69, 9.17) is 9.66 Å². The Balaban J connectivity index is 3.39. The summed E-state index contributed by atoms with van der Waals surface area (Å²) in [5.41, 5.74) is 0. The van der Waals surface area contributed by atoms with Crippen molar-refractivity contribution in [2.75, 3.05) is 17.4 Å². The van der Waals surface area contributed by atoms with Gasteiger partial charge in [0, 0.05) is 16.6 Å². The van der Waals surface area contributed by atoms with Gasteiger partial charge >= 0.3 is 0 Å². The Bertz CT molecular complexity index is 123. The third-order valence-electron chi connectivity index (χ3n) is 0.551. The molecule has 2 unspecified atom stereocenters. The van der Waals surface area contributed by atoms with Crippen LogP contribution in [0.3, 0.4) is 0 Å². The third-order valence-corrected chi connectivity index (χ3v) is 3.05. The van der Waals surface area contributed by atoms with E-state index < -0.39 is 21.9 Å². The van der Waals surface area contributed by atoms with Gasteiger partial charge in [-0.1, -0.05) is 0 Å². The molecule has 0 spiro atoms. The molecule has 0 aromatic heterocycles. The third kappa shape index (κ3) is 6.10. The Labute approximate surface area is 58.0 Å². The van der Waals surface area contributed by atoms with Crippen LogP contribution in [0.1, 0.15) is 0 Å². The average molecular weight is 172 g/mol. The molecule has 2 atom stereocenters. The van der Waals surface area contributed by atoms with E-state index in [0.717, 1.165) is 0 Å². The minimum absolute atomic E-state index is 0.0757. The fraction of sp³-hybridized carbons (Fsp3) is 1.00. The Hall–Kier alpha value is 0.220. The smallest absolute Gasteiger partial charge is 0.165 e. The minimum Gasteiger partial charge on any atom is -0.395 e. The van der Waals surface area contributed by atoms with Gasteiger partial charge in [-0.05, 0) is 0 Å². The summed E-state index contributed by atoms with van der Waals surface area (Å²) in [6, 6.07) is 0. The molecule has 9 heavy (non-hydrogen) atoms. The maximum Gasteiger partial charge on any atom is 0.165 e. The highest BCUT2D eigenvalue weighted by atomic mass is 32.3. The molecule has 0 radical (unpaired) electrons. The molecule has 0 saturated heterocycles. The lowest BCUT2D eigenvalue weighted by molar-refractivity contribution is 0.321. The van der Waals surface area contributed by atoms with Gasteiger partial charge in [0.05, 0.1) is 6.61 Å². The summed E-state index contributed by atoms with van der Waals surface area (Å²) in [6.07, 6.45) is 0. The minimum atomic E-state index is -2.01. The molecule has 0 aromatic rings. The summed E-state index contributed by atoms with van der Waals surface area (Å²) in [6.45, 7) is -0.205. The molecule has 56 valence electrons. The first-order valence-electron chi connectivity index (χ1n) is 2.20. The van der Waals surface area contributed by atoms with Crippen molar-refractivity contribution in [2.24, 2.45) is 0 Å². The number of rotatable bonds is 4. The zero-order chi connectivity index (χ0) is 7.28. The van der Waals surface area contributed by atoms with Crippen LogP contribution in [0.25, 0.3) is 0 Å². The first-order chi connectivity index (χ1) is 4.16. The Kier molecular flexibility index (Phi) is 5.16. The summed E-state index contributed by atoms with van der Waals surface area (Å²) < 4.78 is 28.5. The van der Waals surface area contributed by atoms with Gasteiger partial charge in [-0.2, -0.15) is 0 Å². The first-order valence-corrected chi connectivity index (χ1v) is 4.96. The molecular formula is C3H8O4S2. The van der Waals surface area contributed by atoms with Gasteiger partial charge < -0.3 is 9.66 Å². The number of hydrogen-bond acceptors (Lipinski definition) is 3. The van der Waals surface area contributed by atoms with Crippen molar-refractivity contribution in [1.29, 1.82) is 0 Å². The highest BCUT2D eigenvalue weighted by Crippen LogP contribution is 1.83.